The van der Waals surface area contributed by atoms with Crippen LogP contribution < -0.4 is 10.6 Å². The van der Waals surface area contributed by atoms with Gasteiger partial charge in [-0.1, -0.05) is 37.0 Å². The van der Waals surface area contributed by atoms with E-state index in [1.165, 1.54) is 29.7 Å². The molecule has 0 bridgehead atoms. The van der Waals surface area contributed by atoms with E-state index in [9.17, 15) is 9.59 Å². The Labute approximate surface area is 109 Å². The first-order chi connectivity index (χ1) is 8.75. The normalized spacial score (nSPS) is 16.9. The van der Waals surface area contributed by atoms with Gasteiger partial charge in [-0.2, -0.15) is 0 Å². The Hall–Kier alpha value is -1.50. The molecule has 0 radical (unpaired) electrons. The van der Waals surface area contributed by atoms with Crippen molar-refractivity contribution in [1.29, 1.82) is 0 Å². The highest BCUT2D eigenvalue weighted by Crippen LogP contribution is 2.17. The van der Waals surface area contributed by atoms with E-state index in [0.29, 0.717) is 5.13 Å². The molecule has 6 nitrogen and oxygen atoms in total. The number of nitrogens with zero attached hydrogens (tertiary/aromatic N) is 2. The lowest BCUT2D eigenvalue weighted by Gasteiger charge is -2.15. The second-order valence-electron chi connectivity index (χ2n) is 4.36. The van der Waals surface area contributed by atoms with E-state index in [0.717, 1.165) is 25.7 Å². The molecule has 1 aromatic rings. The first-order valence-corrected chi connectivity index (χ1v) is 7.01. The molecule has 2 amide bonds. The maximum absolute atomic E-state index is 11.7. The number of carbonyl (C=O) groups excluding carboxylic acids is 2. The molecule has 1 aliphatic carbocycles. The Kier molecular flexibility index (Phi) is 4.63. The maximum atomic E-state index is 11.7. The summed E-state index contributed by atoms with van der Waals surface area (Å²) in [5, 5.41) is 12.8. The Balaban J connectivity index is 1.81. The molecule has 2 N–H and O–H groups in total. The van der Waals surface area contributed by atoms with Crippen molar-refractivity contribution in [3.63, 3.8) is 0 Å². The summed E-state index contributed by atoms with van der Waals surface area (Å²) in [6, 6.07) is 0.125. The Bertz CT molecular complexity index is 399. The van der Waals surface area contributed by atoms with Gasteiger partial charge >= 0.3 is 11.8 Å². The van der Waals surface area contributed by atoms with Gasteiger partial charge < -0.3 is 5.32 Å². The molecule has 1 saturated carbocycles. The topological polar surface area (TPSA) is 84.0 Å². The van der Waals surface area contributed by atoms with Gasteiger partial charge in [0.2, 0.25) is 5.13 Å². The average molecular weight is 268 g/mol. The number of anilines is 1. The number of amides is 2. The molecule has 0 unspecified atom stereocenters. The molecule has 0 aliphatic heterocycles. The number of aromatic nitrogens is 2. The monoisotopic (exact) mass is 268 g/mol. The fraction of sp³-hybridized carbons (Fsp3) is 0.636. The van der Waals surface area contributed by atoms with E-state index in [2.05, 4.69) is 20.8 Å². The minimum Gasteiger partial charge on any atom is -0.345 e. The van der Waals surface area contributed by atoms with Crippen LogP contribution in [-0.4, -0.2) is 28.1 Å². The zero-order valence-electron chi connectivity index (χ0n) is 10.0. The van der Waals surface area contributed by atoms with Crippen LogP contribution in [0.1, 0.15) is 38.5 Å². The van der Waals surface area contributed by atoms with E-state index in [4.69, 9.17) is 0 Å². The minimum atomic E-state index is -0.670. The van der Waals surface area contributed by atoms with Gasteiger partial charge in [0.15, 0.2) is 0 Å². The molecule has 98 valence electrons. The second-order valence-corrected chi connectivity index (χ2v) is 5.19. The number of carbonyl (C=O) groups is 2. The predicted molar refractivity (Wildman–Crippen MR) is 68.2 cm³/mol. The van der Waals surface area contributed by atoms with Gasteiger partial charge in [-0.25, -0.2) is 0 Å². The van der Waals surface area contributed by atoms with Gasteiger partial charge in [0.1, 0.15) is 5.51 Å². The van der Waals surface area contributed by atoms with E-state index >= 15 is 0 Å². The van der Waals surface area contributed by atoms with Crippen molar-refractivity contribution in [2.24, 2.45) is 0 Å². The Morgan fingerprint density at radius 1 is 1.17 bits per heavy atom. The quantitative estimate of drug-likeness (QED) is 0.626. The summed E-state index contributed by atoms with van der Waals surface area (Å²) >= 11 is 1.18. The summed E-state index contributed by atoms with van der Waals surface area (Å²) in [4.78, 5) is 23.3. The number of hydrogen-bond acceptors (Lipinski definition) is 5. The molecular formula is C11H16N4O2S. The zero-order valence-corrected chi connectivity index (χ0v) is 10.8. The van der Waals surface area contributed by atoms with E-state index in [1.54, 1.807) is 0 Å². The predicted octanol–water partition coefficient (Wildman–Crippen LogP) is 1.32. The summed E-state index contributed by atoms with van der Waals surface area (Å²) in [6.07, 6.45) is 6.56. The molecule has 0 spiro atoms. The highest BCUT2D eigenvalue weighted by Gasteiger charge is 2.20. The lowest BCUT2D eigenvalue weighted by Crippen LogP contribution is -2.41. The van der Waals surface area contributed by atoms with Crippen LogP contribution in [0.2, 0.25) is 0 Å². The number of hydrogen-bond donors (Lipinski definition) is 2. The summed E-state index contributed by atoms with van der Waals surface area (Å²) in [6.45, 7) is 0. The van der Waals surface area contributed by atoms with Gasteiger partial charge in [-0.3, -0.25) is 14.9 Å². The molecule has 1 fully saturated rings. The molecule has 18 heavy (non-hydrogen) atoms. The molecule has 1 aliphatic rings. The van der Waals surface area contributed by atoms with E-state index < -0.39 is 11.8 Å². The van der Waals surface area contributed by atoms with Crippen LogP contribution in [0, 0.1) is 0 Å². The molecule has 2 rings (SSSR count). The summed E-state index contributed by atoms with van der Waals surface area (Å²) in [7, 11) is 0. The van der Waals surface area contributed by atoms with Crippen LogP contribution in [0.4, 0.5) is 5.13 Å². The Morgan fingerprint density at radius 2 is 1.89 bits per heavy atom. The van der Waals surface area contributed by atoms with Crippen molar-refractivity contribution in [3.05, 3.63) is 5.51 Å². The van der Waals surface area contributed by atoms with Crippen molar-refractivity contribution >= 4 is 28.3 Å². The van der Waals surface area contributed by atoms with Crippen LogP contribution in [0.3, 0.4) is 0 Å². The first-order valence-electron chi connectivity index (χ1n) is 6.14. The smallest absolute Gasteiger partial charge is 0.315 e. The van der Waals surface area contributed by atoms with Gasteiger partial charge in [0.05, 0.1) is 0 Å². The van der Waals surface area contributed by atoms with Crippen LogP contribution in [0.5, 0.6) is 0 Å². The van der Waals surface area contributed by atoms with E-state index in [1.807, 2.05) is 0 Å². The van der Waals surface area contributed by atoms with Crippen molar-refractivity contribution in [3.8, 4) is 0 Å². The average Bonchev–Trinajstić information content (AvgIpc) is 2.72. The van der Waals surface area contributed by atoms with Gasteiger partial charge in [-0.05, 0) is 12.8 Å². The second kappa shape index (κ2) is 6.44. The lowest BCUT2D eigenvalue weighted by atomic mass is 10.1. The fourth-order valence-corrected chi connectivity index (χ4v) is 2.50. The third-order valence-electron chi connectivity index (χ3n) is 2.98. The molecule has 7 heteroatoms. The largest absolute Gasteiger partial charge is 0.345 e. The molecule has 0 aromatic carbocycles. The lowest BCUT2D eigenvalue weighted by molar-refractivity contribution is -0.136. The van der Waals surface area contributed by atoms with Crippen LogP contribution >= 0.6 is 11.3 Å². The molecular weight excluding hydrogens is 252 g/mol. The maximum Gasteiger partial charge on any atom is 0.315 e. The summed E-state index contributed by atoms with van der Waals surface area (Å²) < 4.78 is 0. The van der Waals surface area contributed by atoms with Gasteiger partial charge in [-0.15, -0.1) is 10.2 Å². The third-order valence-corrected chi connectivity index (χ3v) is 3.58. The molecule has 1 heterocycles. The molecule has 1 aromatic heterocycles. The summed E-state index contributed by atoms with van der Waals surface area (Å²) in [5.74, 6) is -1.26. The number of nitrogens with one attached hydrogen (secondary N) is 2. The standard InChI is InChI=1S/C11H16N4O2S/c16-9(10(17)14-11-15-12-7-18-11)13-8-5-3-1-2-4-6-8/h7-8H,1-6H2,(H,13,16)(H,14,15,17). The first kappa shape index (κ1) is 12.9. The van der Waals surface area contributed by atoms with E-state index in [-0.39, 0.29) is 6.04 Å². The van der Waals surface area contributed by atoms with Crippen LogP contribution in [0.15, 0.2) is 5.51 Å². The van der Waals surface area contributed by atoms with Crippen molar-refractivity contribution < 1.29 is 9.59 Å². The van der Waals surface area contributed by atoms with Gasteiger partial charge in [0, 0.05) is 6.04 Å². The van der Waals surface area contributed by atoms with Crippen LogP contribution in [-0.2, 0) is 9.59 Å². The molecule has 0 atom stereocenters. The van der Waals surface area contributed by atoms with Crippen molar-refractivity contribution in [2.45, 2.75) is 44.6 Å². The summed E-state index contributed by atoms with van der Waals surface area (Å²) in [5.41, 5.74) is 1.50. The third kappa shape index (κ3) is 3.76. The van der Waals surface area contributed by atoms with Gasteiger partial charge in [0.25, 0.3) is 0 Å². The zero-order chi connectivity index (χ0) is 12.8. The minimum absolute atomic E-state index is 0.125. The highest BCUT2D eigenvalue weighted by molar-refractivity contribution is 7.13. The molecule has 0 saturated heterocycles. The Morgan fingerprint density at radius 3 is 2.50 bits per heavy atom. The van der Waals surface area contributed by atoms with Crippen LogP contribution in [0.25, 0.3) is 0 Å². The fourth-order valence-electron chi connectivity index (χ4n) is 2.06. The van der Waals surface area contributed by atoms with Crippen molar-refractivity contribution in [1.82, 2.24) is 15.5 Å². The highest BCUT2D eigenvalue weighted by atomic mass is 32.1. The number of rotatable bonds is 2. The van der Waals surface area contributed by atoms with Crippen molar-refractivity contribution in [2.75, 3.05) is 5.32 Å². The SMILES string of the molecule is O=C(Nc1nncs1)C(=O)NC1CCCCCC1.